The Balaban J connectivity index is 1.48. The van der Waals surface area contributed by atoms with Gasteiger partial charge in [-0.05, 0) is 30.5 Å². The van der Waals surface area contributed by atoms with Crippen LogP contribution in [0.1, 0.15) is 48.8 Å². The van der Waals surface area contributed by atoms with Gasteiger partial charge in [0.1, 0.15) is 22.2 Å². The number of carbonyl (C=O) groups excluding carboxylic acids is 2. The fourth-order valence-corrected chi connectivity index (χ4v) is 5.62. The maximum atomic E-state index is 13.4. The zero-order valence-electron chi connectivity index (χ0n) is 19.7. The van der Waals surface area contributed by atoms with Gasteiger partial charge in [0.05, 0.1) is 25.5 Å². The highest BCUT2D eigenvalue weighted by Crippen LogP contribution is 2.36. The number of hydrogen-bond acceptors (Lipinski definition) is 8. The van der Waals surface area contributed by atoms with Gasteiger partial charge in [0.2, 0.25) is 5.91 Å². The van der Waals surface area contributed by atoms with Gasteiger partial charge in [-0.15, -0.1) is 21.5 Å². The van der Waals surface area contributed by atoms with Crippen LogP contribution in [-0.2, 0) is 20.8 Å². The summed E-state index contributed by atoms with van der Waals surface area (Å²) in [4.78, 5) is 25.3. The number of nitrogens with zero attached hydrogens (tertiary/aromatic N) is 3. The molecule has 0 saturated carbocycles. The molecule has 1 aliphatic heterocycles. The Hall–Kier alpha value is -2.76. The smallest absolute Gasteiger partial charge is 0.341 e. The maximum absolute atomic E-state index is 13.4. The Morgan fingerprint density at radius 1 is 1.31 bits per heavy atom. The van der Waals surface area contributed by atoms with Crippen molar-refractivity contribution >= 4 is 40.0 Å². The first kappa shape index (κ1) is 25.3. The average Bonchev–Trinajstić information content (AvgIpc) is 3.59. The van der Waals surface area contributed by atoms with Crippen LogP contribution in [0.5, 0.6) is 0 Å². The molecule has 0 bridgehead atoms. The van der Waals surface area contributed by atoms with E-state index in [0.29, 0.717) is 27.8 Å². The molecular formula is C24H27FN4O4S2. The molecule has 0 radical (unpaired) electrons. The lowest BCUT2D eigenvalue weighted by Crippen LogP contribution is -2.19. The summed E-state index contributed by atoms with van der Waals surface area (Å²) in [6.45, 7) is 5.53. The maximum Gasteiger partial charge on any atom is 0.341 e. The number of ether oxygens (including phenoxy) is 2. The molecule has 3 aromatic rings. The number of halogens is 1. The van der Waals surface area contributed by atoms with Crippen molar-refractivity contribution in [2.24, 2.45) is 0 Å². The highest BCUT2D eigenvalue weighted by Gasteiger charge is 2.25. The predicted octanol–water partition coefficient (Wildman–Crippen LogP) is 4.97. The Bertz CT molecular complexity index is 1190. The molecule has 1 saturated heterocycles. The Kier molecular flexibility index (Phi) is 8.19. The third kappa shape index (κ3) is 5.91. The highest BCUT2D eigenvalue weighted by molar-refractivity contribution is 7.99. The molecular weight excluding hydrogens is 491 g/mol. The first-order valence-electron chi connectivity index (χ1n) is 11.3. The van der Waals surface area contributed by atoms with Gasteiger partial charge < -0.3 is 19.4 Å². The molecule has 3 heterocycles. The summed E-state index contributed by atoms with van der Waals surface area (Å²) in [5, 5.41) is 14.2. The highest BCUT2D eigenvalue weighted by atomic mass is 32.2. The van der Waals surface area contributed by atoms with Crippen LogP contribution in [0.4, 0.5) is 9.39 Å². The van der Waals surface area contributed by atoms with Crippen molar-refractivity contribution < 1.29 is 23.5 Å². The van der Waals surface area contributed by atoms with E-state index in [4.69, 9.17) is 9.47 Å². The van der Waals surface area contributed by atoms with E-state index in [1.165, 1.54) is 42.3 Å². The SMILES string of the molecule is COC(=O)c1c(-c2ccc(F)cc2)csc1NC(=O)CSc1nnc(C(C)C)n1CC1CCCO1. The zero-order chi connectivity index (χ0) is 24.9. The van der Waals surface area contributed by atoms with Crippen LogP contribution in [-0.4, -0.2) is 52.2 Å². The van der Waals surface area contributed by atoms with Crippen molar-refractivity contribution in [3.05, 3.63) is 46.9 Å². The molecule has 1 aromatic carbocycles. The van der Waals surface area contributed by atoms with Crippen LogP contribution in [0, 0.1) is 5.82 Å². The molecule has 11 heteroatoms. The summed E-state index contributed by atoms with van der Waals surface area (Å²) in [6, 6.07) is 5.80. The molecule has 35 heavy (non-hydrogen) atoms. The molecule has 4 rings (SSSR count). The molecule has 1 atom stereocenters. The number of anilines is 1. The molecule has 1 unspecified atom stereocenters. The lowest BCUT2D eigenvalue weighted by atomic mass is 10.0. The molecule has 1 N–H and O–H groups in total. The van der Waals surface area contributed by atoms with Gasteiger partial charge in [0.25, 0.3) is 0 Å². The van der Waals surface area contributed by atoms with Crippen LogP contribution < -0.4 is 5.32 Å². The van der Waals surface area contributed by atoms with Crippen LogP contribution in [0.25, 0.3) is 11.1 Å². The number of hydrogen-bond donors (Lipinski definition) is 1. The van der Waals surface area contributed by atoms with Crippen molar-refractivity contribution in [2.45, 2.75) is 50.4 Å². The summed E-state index contributed by atoms with van der Waals surface area (Å²) in [7, 11) is 1.28. The monoisotopic (exact) mass is 518 g/mol. The topological polar surface area (TPSA) is 95.3 Å². The summed E-state index contributed by atoms with van der Waals surface area (Å²) >= 11 is 2.51. The summed E-state index contributed by atoms with van der Waals surface area (Å²) in [6.07, 6.45) is 2.15. The average molecular weight is 519 g/mol. The second-order valence-electron chi connectivity index (χ2n) is 8.43. The predicted molar refractivity (Wildman–Crippen MR) is 133 cm³/mol. The zero-order valence-corrected chi connectivity index (χ0v) is 21.4. The third-order valence-corrected chi connectivity index (χ3v) is 7.46. The number of benzene rings is 1. The number of aromatic nitrogens is 3. The van der Waals surface area contributed by atoms with E-state index in [0.717, 1.165) is 25.3 Å². The van der Waals surface area contributed by atoms with Gasteiger partial charge in [0.15, 0.2) is 5.16 Å². The van der Waals surface area contributed by atoms with Gasteiger partial charge in [-0.2, -0.15) is 0 Å². The van der Waals surface area contributed by atoms with Crippen molar-refractivity contribution in [1.29, 1.82) is 0 Å². The molecule has 186 valence electrons. The molecule has 1 aliphatic rings. The van der Waals surface area contributed by atoms with Crippen molar-refractivity contribution in [1.82, 2.24) is 14.8 Å². The number of thiophene rings is 1. The summed E-state index contributed by atoms with van der Waals surface area (Å²) in [5.74, 6) is -0.102. The van der Waals surface area contributed by atoms with Crippen molar-refractivity contribution in [3.63, 3.8) is 0 Å². The van der Waals surface area contributed by atoms with Crippen LogP contribution in [0.15, 0.2) is 34.8 Å². The fraction of sp³-hybridized carbons (Fsp3) is 0.417. The van der Waals surface area contributed by atoms with Crippen LogP contribution >= 0.6 is 23.1 Å². The van der Waals surface area contributed by atoms with E-state index in [9.17, 15) is 14.0 Å². The molecule has 0 aliphatic carbocycles. The Labute approximate surface area is 211 Å². The number of nitrogens with one attached hydrogen (secondary N) is 1. The van der Waals surface area contributed by atoms with Crippen molar-refractivity contribution in [2.75, 3.05) is 24.8 Å². The second kappa shape index (κ2) is 11.3. The van der Waals surface area contributed by atoms with Gasteiger partial charge in [-0.1, -0.05) is 37.7 Å². The number of amides is 1. The minimum Gasteiger partial charge on any atom is -0.465 e. The summed E-state index contributed by atoms with van der Waals surface area (Å²) in [5.41, 5.74) is 1.47. The molecule has 1 fully saturated rings. The lowest BCUT2D eigenvalue weighted by molar-refractivity contribution is -0.113. The molecule has 1 amide bonds. The van der Waals surface area contributed by atoms with Crippen LogP contribution in [0.2, 0.25) is 0 Å². The van der Waals surface area contributed by atoms with E-state index >= 15 is 0 Å². The van der Waals surface area contributed by atoms with E-state index < -0.39 is 5.97 Å². The van der Waals surface area contributed by atoms with Crippen LogP contribution in [0.3, 0.4) is 0 Å². The van der Waals surface area contributed by atoms with Gasteiger partial charge in [-0.3, -0.25) is 4.79 Å². The quantitative estimate of drug-likeness (QED) is 0.316. The molecule has 2 aromatic heterocycles. The Morgan fingerprint density at radius 2 is 2.09 bits per heavy atom. The minimum atomic E-state index is -0.577. The Morgan fingerprint density at radius 3 is 2.74 bits per heavy atom. The van der Waals surface area contributed by atoms with Gasteiger partial charge in [-0.25, -0.2) is 9.18 Å². The lowest BCUT2D eigenvalue weighted by Gasteiger charge is -2.16. The second-order valence-corrected chi connectivity index (χ2v) is 10.3. The number of esters is 1. The molecule has 8 nitrogen and oxygen atoms in total. The van der Waals surface area contributed by atoms with E-state index in [1.54, 1.807) is 17.5 Å². The van der Waals surface area contributed by atoms with E-state index in [-0.39, 0.29) is 35.1 Å². The number of methoxy groups -OCH3 is 1. The number of thioether (sulfide) groups is 1. The van der Waals surface area contributed by atoms with E-state index in [2.05, 4.69) is 29.4 Å². The number of rotatable bonds is 9. The third-order valence-electron chi connectivity index (χ3n) is 5.59. The van der Waals surface area contributed by atoms with Crippen molar-refractivity contribution in [3.8, 4) is 11.1 Å². The first-order valence-corrected chi connectivity index (χ1v) is 13.2. The van der Waals surface area contributed by atoms with Gasteiger partial charge >= 0.3 is 5.97 Å². The molecule has 0 spiro atoms. The normalized spacial score (nSPS) is 15.5. The minimum absolute atomic E-state index is 0.0894. The fourth-order valence-electron chi connectivity index (χ4n) is 3.89. The number of carbonyl (C=O) groups is 2. The first-order chi connectivity index (χ1) is 16.9. The van der Waals surface area contributed by atoms with Gasteiger partial charge in [0, 0.05) is 23.5 Å². The standard InChI is InChI=1S/C24H27FN4O4S2/c1-14(2)21-27-28-24(29(21)11-17-5-4-10-33-17)35-13-19(30)26-22-20(23(31)32-3)18(12-34-22)15-6-8-16(25)9-7-15/h6-9,12,14,17H,4-5,10-11,13H2,1-3H3,(H,26,30). The van der Waals surface area contributed by atoms with E-state index in [1.807, 2.05) is 4.57 Å². The summed E-state index contributed by atoms with van der Waals surface area (Å²) < 4.78 is 26.1. The largest absolute Gasteiger partial charge is 0.465 e.